The van der Waals surface area contributed by atoms with E-state index in [1.807, 2.05) is 47.4 Å². The lowest BCUT2D eigenvalue weighted by Gasteiger charge is -2.18. The number of hydrogen-bond acceptors (Lipinski definition) is 3. The summed E-state index contributed by atoms with van der Waals surface area (Å²) in [5, 5.41) is 16.3. The molecule has 3 aromatic rings. The van der Waals surface area contributed by atoms with E-state index in [-0.39, 0.29) is 12.5 Å². The number of aromatic nitrogens is 2. The molecule has 0 radical (unpaired) electrons. The molecule has 0 saturated heterocycles. The van der Waals surface area contributed by atoms with Gasteiger partial charge in [0.25, 0.3) is 0 Å². The molecule has 0 aliphatic heterocycles. The van der Waals surface area contributed by atoms with Gasteiger partial charge in [0.1, 0.15) is 0 Å². The fourth-order valence-corrected chi connectivity index (χ4v) is 3.07. The van der Waals surface area contributed by atoms with Crippen molar-refractivity contribution in [2.45, 2.75) is 19.0 Å². The number of aliphatic hydroxyl groups is 1. The van der Waals surface area contributed by atoms with Gasteiger partial charge in [0, 0.05) is 45.0 Å². The van der Waals surface area contributed by atoms with Crippen molar-refractivity contribution in [3.63, 3.8) is 0 Å². The summed E-state index contributed by atoms with van der Waals surface area (Å²) in [4.78, 5) is 8.37. The van der Waals surface area contributed by atoms with Crippen molar-refractivity contribution < 1.29 is 5.11 Å². The monoisotopic (exact) mass is 377 g/mol. The molecule has 1 unspecified atom stereocenters. The van der Waals surface area contributed by atoms with Crippen LogP contribution in [0.15, 0.2) is 78.3 Å². The zero-order chi connectivity index (χ0) is 19.6. The highest BCUT2D eigenvalue weighted by molar-refractivity contribution is 5.79. The van der Waals surface area contributed by atoms with Crippen LogP contribution in [-0.2, 0) is 13.1 Å². The van der Waals surface area contributed by atoms with Gasteiger partial charge in [-0.15, -0.1) is 0 Å². The first kappa shape index (κ1) is 19.6. The summed E-state index contributed by atoms with van der Waals surface area (Å²) < 4.78 is 2.05. The van der Waals surface area contributed by atoms with Gasteiger partial charge in [0.05, 0.1) is 12.9 Å². The molecule has 6 heteroatoms. The molecule has 6 nitrogen and oxygen atoms in total. The van der Waals surface area contributed by atoms with Crippen molar-refractivity contribution in [3.05, 3.63) is 90.0 Å². The van der Waals surface area contributed by atoms with Gasteiger partial charge in [-0.3, -0.25) is 4.99 Å². The van der Waals surface area contributed by atoms with Gasteiger partial charge < -0.3 is 20.3 Å². The Morgan fingerprint density at radius 2 is 1.93 bits per heavy atom. The molecule has 1 atom stereocenters. The van der Waals surface area contributed by atoms with E-state index in [9.17, 15) is 5.11 Å². The smallest absolute Gasteiger partial charge is 0.191 e. The maximum atomic E-state index is 9.70. The van der Waals surface area contributed by atoms with E-state index in [0.29, 0.717) is 13.1 Å². The summed E-state index contributed by atoms with van der Waals surface area (Å²) in [5.41, 5.74) is 3.52. The maximum absolute atomic E-state index is 9.70. The molecule has 0 fully saturated rings. The summed E-state index contributed by atoms with van der Waals surface area (Å²) in [6.45, 7) is 2.17. The van der Waals surface area contributed by atoms with Crippen LogP contribution in [0, 0.1) is 0 Å². The SMILES string of the molecule is CN=C(NCc1cccc(Cn2ccnc2)c1)NCC(CO)c1ccccc1. The number of imidazole rings is 1. The fourth-order valence-electron chi connectivity index (χ4n) is 3.07. The van der Waals surface area contributed by atoms with Crippen LogP contribution in [0.4, 0.5) is 0 Å². The Balaban J connectivity index is 1.52. The van der Waals surface area contributed by atoms with Crippen LogP contribution in [0.3, 0.4) is 0 Å². The van der Waals surface area contributed by atoms with Gasteiger partial charge in [0.2, 0.25) is 0 Å². The number of benzene rings is 2. The normalized spacial score (nSPS) is 12.6. The average Bonchev–Trinajstić information content (AvgIpc) is 3.25. The Morgan fingerprint density at radius 1 is 1.11 bits per heavy atom. The topological polar surface area (TPSA) is 74.5 Å². The second-order valence-electron chi connectivity index (χ2n) is 6.65. The summed E-state index contributed by atoms with van der Waals surface area (Å²) in [6.07, 6.45) is 5.57. The van der Waals surface area contributed by atoms with E-state index in [2.05, 4.69) is 44.9 Å². The van der Waals surface area contributed by atoms with Crippen LogP contribution in [0.2, 0.25) is 0 Å². The standard InChI is InChI=1S/C22H27N5O/c1-23-22(26-14-21(16-28)20-8-3-2-4-9-20)25-13-18-6-5-7-19(12-18)15-27-11-10-24-17-27/h2-12,17,21,28H,13-16H2,1H3,(H2,23,25,26). The first-order valence-corrected chi connectivity index (χ1v) is 9.42. The highest BCUT2D eigenvalue weighted by Crippen LogP contribution is 2.13. The molecular weight excluding hydrogens is 350 g/mol. The van der Waals surface area contributed by atoms with Crippen LogP contribution in [-0.4, -0.2) is 40.8 Å². The minimum Gasteiger partial charge on any atom is -0.396 e. The van der Waals surface area contributed by atoms with Crippen molar-refractivity contribution in [3.8, 4) is 0 Å². The summed E-state index contributed by atoms with van der Waals surface area (Å²) in [6, 6.07) is 18.5. The minimum atomic E-state index is 0.0262. The third-order valence-corrected chi connectivity index (χ3v) is 4.61. The van der Waals surface area contributed by atoms with Crippen molar-refractivity contribution >= 4 is 5.96 Å². The molecule has 0 bridgehead atoms. The van der Waals surface area contributed by atoms with E-state index in [1.165, 1.54) is 11.1 Å². The van der Waals surface area contributed by atoms with Crippen LogP contribution in [0.5, 0.6) is 0 Å². The van der Waals surface area contributed by atoms with E-state index < -0.39 is 0 Å². The number of nitrogens with one attached hydrogen (secondary N) is 2. The molecule has 0 amide bonds. The Labute approximate surface area is 166 Å². The highest BCUT2D eigenvalue weighted by Gasteiger charge is 2.10. The third kappa shape index (κ3) is 5.69. The summed E-state index contributed by atoms with van der Waals surface area (Å²) >= 11 is 0. The lowest BCUT2D eigenvalue weighted by molar-refractivity contribution is 0.265. The van der Waals surface area contributed by atoms with Crippen molar-refractivity contribution in [1.82, 2.24) is 20.2 Å². The van der Waals surface area contributed by atoms with E-state index in [1.54, 1.807) is 13.2 Å². The Bertz CT molecular complexity index is 862. The lowest BCUT2D eigenvalue weighted by atomic mass is 10.0. The molecule has 28 heavy (non-hydrogen) atoms. The van der Waals surface area contributed by atoms with E-state index in [4.69, 9.17) is 0 Å². The molecular formula is C22H27N5O. The molecule has 1 heterocycles. The molecule has 3 N–H and O–H groups in total. The second kappa shape index (κ2) is 10.3. The number of hydrogen-bond donors (Lipinski definition) is 3. The van der Waals surface area contributed by atoms with Crippen LogP contribution in [0.25, 0.3) is 0 Å². The number of guanidine groups is 1. The first-order chi connectivity index (χ1) is 13.8. The predicted octanol–water partition coefficient (Wildman–Crippen LogP) is 2.37. The molecule has 0 aliphatic rings. The number of nitrogens with zero attached hydrogens (tertiary/aromatic N) is 3. The Morgan fingerprint density at radius 3 is 2.64 bits per heavy atom. The highest BCUT2D eigenvalue weighted by atomic mass is 16.3. The molecule has 3 rings (SSSR count). The predicted molar refractivity (Wildman–Crippen MR) is 112 cm³/mol. The second-order valence-corrected chi connectivity index (χ2v) is 6.65. The van der Waals surface area contributed by atoms with Gasteiger partial charge in [-0.05, 0) is 16.7 Å². The summed E-state index contributed by atoms with van der Waals surface area (Å²) in [5.74, 6) is 0.743. The van der Waals surface area contributed by atoms with Gasteiger partial charge in [-0.2, -0.15) is 0 Å². The minimum absolute atomic E-state index is 0.0262. The quantitative estimate of drug-likeness (QED) is 0.416. The molecule has 0 aliphatic carbocycles. The number of aliphatic imine (C=N–C) groups is 1. The lowest BCUT2D eigenvalue weighted by Crippen LogP contribution is -2.39. The zero-order valence-electron chi connectivity index (χ0n) is 16.1. The van der Waals surface area contributed by atoms with Crippen molar-refractivity contribution in [2.24, 2.45) is 4.99 Å². The number of aliphatic hydroxyl groups excluding tert-OH is 1. The Hall–Kier alpha value is -3.12. The van der Waals surface area contributed by atoms with E-state index >= 15 is 0 Å². The van der Waals surface area contributed by atoms with E-state index in [0.717, 1.165) is 18.1 Å². The average molecular weight is 377 g/mol. The molecule has 1 aromatic heterocycles. The number of rotatable bonds is 8. The van der Waals surface area contributed by atoms with Gasteiger partial charge in [-0.1, -0.05) is 54.6 Å². The molecule has 0 spiro atoms. The fraction of sp³-hybridized carbons (Fsp3) is 0.273. The van der Waals surface area contributed by atoms with Crippen molar-refractivity contribution in [2.75, 3.05) is 20.2 Å². The third-order valence-electron chi connectivity index (χ3n) is 4.61. The van der Waals surface area contributed by atoms with Crippen LogP contribution >= 0.6 is 0 Å². The maximum Gasteiger partial charge on any atom is 0.191 e. The largest absolute Gasteiger partial charge is 0.396 e. The first-order valence-electron chi connectivity index (χ1n) is 9.42. The van der Waals surface area contributed by atoms with Crippen molar-refractivity contribution in [1.29, 1.82) is 0 Å². The molecule has 146 valence electrons. The zero-order valence-corrected chi connectivity index (χ0v) is 16.1. The Kier molecular flexibility index (Phi) is 7.21. The van der Waals surface area contributed by atoms with Gasteiger partial charge >= 0.3 is 0 Å². The van der Waals surface area contributed by atoms with Crippen LogP contribution < -0.4 is 10.6 Å². The molecule has 2 aromatic carbocycles. The summed E-state index contributed by atoms with van der Waals surface area (Å²) in [7, 11) is 1.75. The van der Waals surface area contributed by atoms with Gasteiger partial charge in [-0.25, -0.2) is 4.98 Å². The van der Waals surface area contributed by atoms with Gasteiger partial charge in [0.15, 0.2) is 5.96 Å². The van der Waals surface area contributed by atoms with Crippen LogP contribution in [0.1, 0.15) is 22.6 Å². The molecule has 0 saturated carbocycles.